The van der Waals surface area contributed by atoms with Crippen molar-refractivity contribution in [2.75, 3.05) is 11.6 Å². The fourth-order valence-electron chi connectivity index (χ4n) is 1.29. The van der Waals surface area contributed by atoms with Gasteiger partial charge >= 0.3 is 0 Å². The highest BCUT2D eigenvalue weighted by molar-refractivity contribution is 7.98. The van der Waals surface area contributed by atoms with E-state index < -0.39 is 0 Å². The maximum absolute atomic E-state index is 12.0. The molecule has 0 saturated heterocycles. The molecule has 0 spiro atoms. The van der Waals surface area contributed by atoms with Gasteiger partial charge in [-0.3, -0.25) is 10.1 Å². The molecular formula is C11H11ClN4OS2. The van der Waals surface area contributed by atoms with Gasteiger partial charge in [0, 0.05) is 11.1 Å². The zero-order valence-electron chi connectivity index (χ0n) is 10.5. The van der Waals surface area contributed by atoms with Gasteiger partial charge in [-0.05, 0) is 20.1 Å². The van der Waals surface area contributed by atoms with Crippen molar-refractivity contribution in [1.29, 1.82) is 0 Å². The van der Waals surface area contributed by atoms with Crippen molar-refractivity contribution >= 4 is 45.7 Å². The fraction of sp³-hybridized carbons (Fsp3) is 0.273. The summed E-state index contributed by atoms with van der Waals surface area (Å²) in [6, 6.07) is 0. The molecule has 0 saturated carbocycles. The maximum Gasteiger partial charge on any atom is 0.262 e. The van der Waals surface area contributed by atoms with Crippen LogP contribution in [-0.4, -0.2) is 27.1 Å². The summed E-state index contributed by atoms with van der Waals surface area (Å²) in [6.07, 6.45) is 3.26. The summed E-state index contributed by atoms with van der Waals surface area (Å²) in [5.74, 6) is -0.355. The Balaban J connectivity index is 2.20. The minimum atomic E-state index is -0.355. The predicted octanol–water partition coefficient (Wildman–Crippen LogP) is 3.18. The zero-order chi connectivity index (χ0) is 14.0. The Kier molecular flexibility index (Phi) is 4.38. The molecule has 2 aromatic rings. The number of nitrogens with zero attached hydrogens (tertiary/aromatic N) is 3. The van der Waals surface area contributed by atoms with Gasteiger partial charge in [-0.15, -0.1) is 11.3 Å². The van der Waals surface area contributed by atoms with Crippen molar-refractivity contribution in [2.24, 2.45) is 0 Å². The van der Waals surface area contributed by atoms with E-state index in [1.165, 1.54) is 29.3 Å². The molecule has 0 fully saturated rings. The number of aryl methyl sites for hydroxylation is 2. The van der Waals surface area contributed by atoms with Gasteiger partial charge in [0.1, 0.15) is 5.15 Å². The summed E-state index contributed by atoms with van der Waals surface area (Å²) < 4.78 is 0. The smallest absolute Gasteiger partial charge is 0.262 e. The van der Waals surface area contributed by atoms with E-state index >= 15 is 0 Å². The fourth-order valence-corrected chi connectivity index (χ4v) is 2.70. The number of carbonyl (C=O) groups excluding carboxylic acids is 1. The minimum Gasteiger partial charge on any atom is -0.298 e. The largest absolute Gasteiger partial charge is 0.298 e. The zero-order valence-corrected chi connectivity index (χ0v) is 12.9. The second-order valence-corrected chi connectivity index (χ2v) is 6.01. The van der Waals surface area contributed by atoms with Crippen molar-refractivity contribution in [3.05, 3.63) is 27.5 Å². The quantitative estimate of drug-likeness (QED) is 0.535. The van der Waals surface area contributed by atoms with Crippen molar-refractivity contribution in [3.8, 4) is 0 Å². The van der Waals surface area contributed by atoms with Gasteiger partial charge in [0.25, 0.3) is 5.91 Å². The van der Waals surface area contributed by atoms with E-state index in [9.17, 15) is 4.79 Å². The number of thioether (sulfide) groups is 1. The SMILES string of the molecule is CSc1ncc(C(=O)Nc2nc(C)c(C)s2)c(Cl)n1. The van der Waals surface area contributed by atoms with Crippen molar-refractivity contribution in [1.82, 2.24) is 15.0 Å². The molecule has 0 aromatic carbocycles. The van der Waals surface area contributed by atoms with Crippen LogP contribution in [0.5, 0.6) is 0 Å². The van der Waals surface area contributed by atoms with Gasteiger partial charge in [-0.1, -0.05) is 23.4 Å². The van der Waals surface area contributed by atoms with Crippen molar-refractivity contribution < 1.29 is 4.79 Å². The van der Waals surface area contributed by atoms with E-state index in [2.05, 4.69) is 20.3 Å². The monoisotopic (exact) mass is 314 g/mol. The molecule has 0 aliphatic carbocycles. The predicted molar refractivity (Wildman–Crippen MR) is 78.4 cm³/mol. The van der Waals surface area contributed by atoms with E-state index in [0.717, 1.165) is 10.6 Å². The van der Waals surface area contributed by atoms with Crippen LogP contribution in [0.15, 0.2) is 11.4 Å². The number of nitrogens with one attached hydrogen (secondary N) is 1. The first kappa shape index (κ1) is 14.2. The van der Waals surface area contributed by atoms with Crippen LogP contribution >= 0.6 is 34.7 Å². The summed E-state index contributed by atoms with van der Waals surface area (Å²) in [6.45, 7) is 3.84. The molecule has 0 radical (unpaired) electrons. The Labute approximate surface area is 123 Å². The van der Waals surface area contributed by atoms with E-state index in [-0.39, 0.29) is 16.6 Å². The van der Waals surface area contributed by atoms with Crippen LogP contribution in [-0.2, 0) is 0 Å². The second-order valence-electron chi connectivity index (χ2n) is 3.68. The molecule has 0 unspecified atom stereocenters. The lowest BCUT2D eigenvalue weighted by molar-refractivity contribution is 0.102. The molecule has 8 heteroatoms. The lowest BCUT2D eigenvalue weighted by Gasteiger charge is -2.03. The molecule has 0 aliphatic heterocycles. The van der Waals surface area contributed by atoms with Gasteiger partial charge in [0.15, 0.2) is 10.3 Å². The average molecular weight is 315 g/mol. The highest BCUT2D eigenvalue weighted by Gasteiger charge is 2.15. The lowest BCUT2D eigenvalue weighted by Crippen LogP contribution is -2.13. The summed E-state index contributed by atoms with van der Waals surface area (Å²) in [5.41, 5.74) is 1.14. The van der Waals surface area contributed by atoms with Gasteiger partial charge in [-0.2, -0.15) is 0 Å². The first-order valence-corrected chi connectivity index (χ1v) is 7.75. The Morgan fingerprint density at radius 3 is 2.68 bits per heavy atom. The Bertz CT molecular complexity index is 610. The number of amides is 1. The number of aromatic nitrogens is 3. The van der Waals surface area contributed by atoms with Gasteiger partial charge in [-0.25, -0.2) is 15.0 Å². The summed E-state index contributed by atoms with van der Waals surface area (Å²) in [4.78, 5) is 25.4. The molecule has 2 rings (SSSR count). The third-order valence-electron chi connectivity index (χ3n) is 2.40. The first-order valence-electron chi connectivity index (χ1n) is 5.33. The van der Waals surface area contributed by atoms with Crippen LogP contribution in [0.1, 0.15) is 20.9 Å². The molecule has 19 heavy (non-hydrogen) atoms. The molecule has 0 aliphatic rings. The van der Waals surface area contributed by atoms with Crippen molar-refractivity contribution in [2.45, 2.75) is 19.0 Å². The van der Waals surface area contributed by atoms with Crippen molar-refractivity contribution in [3.63, 3.8) is 0 Å². The molecule has 2 heterocycles. The van der Waals surface area contributed by atoms with E-state index in [1.807, 2.05) is 20.1 Å². The Morgan fingerprint density at radius 2 is 2.16 bits per heavy atom. The molecule has 0 bridgehead atoms. The maximum atomic E-state index is 12.0. The minimum absolute atomic E-state index is 0.141. The number of rotatable bonds is 3. The normalized spacial score (nSPS) is 10.5. The van der Waals surface area contributed by atoms with E-state index in [4.69, 9.17) is 11.6 Å². The summed E-state index contributed by atoms with van der Waals surface area (Å²) >= 11 is 8.75. The third kappa shape index (κ3) is 3.23. The molecule has 1 N–H and O–H groups in total. The summed E-state index contributed by atoms with van der Waals surface area (Å²) in [7, 11) is 0. The van der Waals surface area contributed by atoms with E-state index in [1.54, 1.807) is 0 Å². The van der Waals surface area contributed by atoms with Gasteiger partial charge < -0.3 is 0 Å². The number of anilines is 1. The number of hydrogen-bond acceptors (Lipinski definition) is 6. The average Bonchev–Trinajstić information content (AvgIpc) is 2.67. The Morgan fingerprint density at radius 1 is 1.42 bits per heavy atom. The number of thiazole rings is 1. The van der Waals surface area contributed by atoms with Crippen LogP contribution in [0, 0.1) is 13.8 Å². The van der Waals surface area contributed by atoms with Crippen LogP contribution in [0.25, 0.3) is 0 Å². The standard InChI is InChI=1S/C11H11ClN4OS2/c1-5-6(2)19-11(14-5)16-9(17)7-4-13-10(18-3)15-8(7)12/h4H,1-3H3,(H,14,16,17). The molecular weight excluding hydrogens is 304 g/mol. The topological polar surface area (TPSA) is 67.8 Å². The molecule has 2 aromatic heterocycles. The first-order chi connectivity index (χ1) is 9.01. The Hall–Kier alpha value is -1.18. The number of hydrogen-bond donors (Lipinski definition) is 1. The van der Waals surface area contributed by atoms with E-state index in [0.29, 0.717) is 10.3 Å². The second kappa shape index (κ2) is 5.85. The van der Waals surface area contributed by atoms with Crippen LogP contribution in [0.2, 0.25) is 5.15 Å². The molecule has 100 valence electrons. The van der Waals surface area contributed by atoms with Crippen LogP contribution < -0.4 is 5.32 Å². The van der Waals surface area contributed by atoms with Crippen LogP contribution in [0.3, 0.4) is 0 Å². The molecule has 5 nitrogen and oxygen atoms in total. The number of carbonyl (C=O) groups is 1. The van der Waals surface area contributed by atoms with Gasteiger partial charge in [0.05, 0.1) is 11.3 Å². The van der Waals surface area contributed by atoms with Gasteiger partial charge in [0.2, 0.25) is 0 Å². The molecule has 0 atom stereocenters. The highest BCUT2D eigenvalue weighted by atomic mass is 35.5. The summed E-state index contributed by atoms with van der Waals surface area (Å²) in [5, 5.41) is 3.91. The third-order valence-corrected chi connectivity index (χ3v) is 4.23. The molecule has 1 amide bonds. The highest BCUT2D eigenvalue weighted by Crippen LogP contribution is 2.23. The lowest BCUT2D eigenvalue weighted by atomic mass is 10.3. The number of halogens is 1. The van der Waals surface area contributed by atoms with Crippen LogP contribution in [0.4, 0.5) is 5.13 Å².